The number of nitrogens with zero attached hydrogens (tertiary/aromatic N) is 1. The van der Waals surface area contributed by atoms with Crippen molar-refractivity contribution in [3.05, 3.63) is 51.2 Å². The number of piperidine rings is 1. The Morgan fingerprint density at radius 1 is 1.26 bits per heavy atom. The molecule has 3 aliphatic heterocycles. The Hall–Kier alpha value is -1.89. The minimum Gasteiger partial charge on any atom is -0.480 e. The quantitative estimate of drug-likeness (QED) is 0.646. The van der Waals surface area contributed by atoms with Gasteiger partial charge in [0.1, 0.15) is 5.75 Å². The largest absolute Gasteiger partial charge is 0.480 e. The van der Waals surface area contributed by atoms with E-state index in [4.69, 9.17) is 9.47 Å². The van der Waals surface area contributed by atoms with Gasteiger partial charge in [0.2, 0.25) is 0 Å². The molecule has 4 heterocycles. The van der Waals surface area contributed by atoms with Crippen LogP contribution in [0, 0.1) is 5.92 Å². The van der Waals surface area contributed by atoms with Gasteiger partial charge in [0.05, 0.1) is 12.2 Å². The van der Waals surface area contributed by atoms with E-state index in [9.17, 15) is 4.79 Å². The molecule has 2 fully saturated rings. The Balaban J connectivity index is 0.985. The van der Waals surface area contributed by atoms with Crippen molar-refractivity contribution in [2.75, 3.05) is 19.7 Å². The molecule has 0 radical (unpaired) electrons. The summed E-state index contributed by atoms with van der Waals surface area (Å²) in [4.78, 5) is 18.5. The highest BCUT2D eigenvalue weighted by Gasteiger charge is 2.45. The highest BCUT2D eigenvalue weighted by molar-refractivity contribution is 7.12. The molecule has 2 aromatic rings. The number of hydrogen-bond acceptors (Lipinski definition) is 5. The van der Waals surface area contributed by atoms with Crippen molar-refractivity contribution in [1.82, 2.24) is 10.2 Å². The Morgan fingerprint density at radius 2 is 2.11 bits per heavy atom. The standard InChI is InChI=1S/C29H38N2O3S/c1-3-23-16-24-27(35-23)10-13-33-29(24)11-12-31(19(2)17-29)18-20-14-22(15-20)30-28(32)26-9-8-21-6-4-5-7-25(21)34-26/h4-7,16,19-20,22,26H,3,8-15,17-18H2,1-2H3,(H,30,32)/t19-,20-,22+,26?,29-/m1/s1. The summed E-state index contributed by atoms with van der Waals surface area (Å²) in [6, 6.07) is 11.3. The van der Waals surface area contributed by atoms with Crippen LogP contribution in [0.25, 0.3) is 0 Å². The highest BCUT2D eigenvalue weighted by atomic mass is 32.1. The molecule has 4 aliphatic rings. The third-order valence-corrected chi connectivity index (χ3v) is 10.1. The van der Waals surface area contributed by atoms with Crippen LogP contribution in [0.2, 0.25) is 0 Å². The first-order valence-corrected chi connectivity index (χ1v) is 14.4. The number of nitrogens with one attached hydrogen (secondary N) is 1. The lowest BCUT2D eigenvalue weighted by molar-refractivity contribution is -0.130. The Morgan fingerprint density at radius 3 is 2.94 bits per heavy atom. The zero-order valence-corrected chi connectivity index (χ0v) is 21.9. The maximum absolute atomic E-state index is 12.8. The van der Waals surface area contributed by atoms with Crippen LogP contribution < -0.4 is 10.1 Å². The molecule has 3 atom stereocenters. The van der Waals surface area contributed by atoms with E-state index in [1.54, 1.807) is 4.88 Å². The summed E-state index contributed by atoms with van der Waals surface area (Å²) < 4.78 is 12.5. The van der Waals surface area contributed by atoms with E-state index in [0.29, 0.717) is 18.0 Å². The second-order valence-corrected chi connectivity index (χ2v) is 12.3. The van der Waals surface area contributed by atoms with Gasteiger partial charge in [-0.25, -0.2) is 0 Å². The SMILES string of the molecule is CCc1cc2c(s1)CCO[C@@]21CCN(C[C@H]2C[C@@H](NC(=O)C3CCc4ccccc4O3)C2)[C@H](C)C1. The molecule has 1 unspecified atom stereocenters. The number of para-hydroxylation sites is 1. The number of benzene rings is 1. The molecule has 1 spiro atoms. The smallest absolute Gasteiger partial charge is 0.261 e. The lowest BCUT2D eigenvalue weighted by atomic mass is 9.76. The first-order chi connectivity index (χ1) is 17.0. The Labute approximate surface area is 213 Å². The second-order valence-electron chi connectivity index (χ2n) is 11.1. The summed E-state index contributed by atoms with van der Waals surface area (Å²) in [5.74, 6) is 1.59. The summed E-state index contributed by atoms with van der Waals surface area (Å²) in [6.45, 7) is 7.73. The number of aryl methyl sites for hydroxylation is 2. The van der Waals surface area contributed by atoms with E-state index in [0.717, 1.165) is 76.8 Å². The number of ether oxygens (including phenoxy) is 2. The van der Waals surface area contributed by atoms with Crippen LogP contribution in [0.3, 0.4) is 0 Å². The van der Waals surface area contributed by atoms with E-state index in [1.807, 2.05) is 29.5 Å². The fourth-order valence-corrected chi connectivity index (χ4v) is 7.86. The van der Waals surface area contributed by atoms with Gasteiger partial charge in [0, 0.05) is 41.3 Å². The van der Waals surface area contributed by atoms with Crippen LogP contribution in [-0.4, -0.2) is 48.7 Å². The van der Waals surface area contributed by atoms with Crippen molar-refractivity contribution in [1.29, 1.82) is 0 Å². The third kappa shape index (κ3) is 4.54. The molecule has 1 aliphatic carbocycles. The van der Waals surface area contributed by atoms with Crippen molar-refractivity contribution >= 4 is 17.2 Å². The molecule has 35 heavy (non-hydrogen) atoms. The van der Waals surface area contributed by atoms with Crippen LogP contribution in [-0.2, 0) is 34.4 Å². The average Bonchev–Trinajstić information content (AvgIpc) is 3.29. The summed E-state index contributed by atoms with van der Waals surface area (Å²) in [5.41, 5.74) is 2.63. The fraction of sp³-hybridized carbons (Fsp3) is 0.621. The fourth-order valence-electron chi connectivity index (χ4n) is 6.68. The van der Waals surface area contributed by atoms with Crippen molar-refractivity contribution < 1.29 is 14.3 Å². The molecule has 1 saturated carbocycles. The number of carbonyl (C=O) groups is 1. The molecule has 6 heteroatoms. The number of rotatable bonds is 5. The van der Waals surface area contributed by atoms with Crippen LogP contribution in [0.15, 0.2) is 30.3 Å². The lowest BCUT2D eigenvalue weighted by Gasteiger charge is -2.49. The number of likely N-dealkylation sites (tertiary alicyclic amines) is 1. The van der Waals surface area contributed by atoms with Crippen molar-refractivity contribution in [3.8, 4) is 5.75 Å². The van der Waals surface area contributed by atoms with Crippen molar-refractivity contribution in [2.45, 2.75) is 89.0 Å². The molecule has 1 amide bonds. The van der Waals surface area contributed by atoms with Crippen LogP contribution >= 0.6 is 11.3 Å². The molecule has 0 bridgehead atoms. The third-order valence-electron chi connectivity index (χ3n) is 8.74. The zero-order chi connectivity index (χ0) is 24.0. The molecule has 6 rings (SSSR count). The lowest BCUT2D eigenvalue weighted by Crippen LogP contribution is -2.55. The van der Waals surface area contributed by atoms with E-state index in [1.165, 1.54) is 16.0 Å². The molecule has 1 aromatic heterocycles. The number of fused-ring (bicyclic) bond motifs is 3. The number of hydrogen-bond donors (Lipinski definition) is 1. The van der Waals surface area contributed by atoms with Crippen LogP contribution in [0.1, 0.15) is 66.8 Å². The second kappa shape index (κ2) is 9.53. The minimum absolute atomic E-state index is 0.0590. The average molecular weight is 495 g/mol. The first kappa shape index (κ1) is 23.5. The van der Waals surface area contributed by atoms with Gasteiger partial charge in [-0.15, -0.1) is 11.3 Å². The minimum atomic E-state index is -0.354. The monoisotopic (exact) mass is 494 g/mol. The van der Waals surface area contributed by atoms with E-state index >= 15 is 0 Å². The molecular formula is C29H38N2O3S. The van der Waals surface area contributed by atoms with Crippen molar-refractivity contribution in [3.63, 3.8) is 0 Å². The Kier molecular flexibility index (Phi) is 6.40. The summed E-state index contributed by atoms with van der Waals surface area (Å²) >= 11 is 2.00. The van der Waals surface area contributed by atoms with Gasteiger partial charge in [-0.2, -0.15) is 0 Å². The van der Waals surface area contributed by atoms with Gasteiger partial charge in [-0.05, 0) is 81.0 Å². The molecule has 1 saturated heterocycles. The highest BCUT2D eigenvalue weighted by Crippen LogP contribution is 2.46. The predicted molar refractivity (Wildman–Crippen MR) is 139 cm³/mol. The van der Waals surface area contributed by atoms with Crippen LogP contribution in [0.4, 0.5) is 0 Å². The van der Waals surface area contributed by atoms with Gasteiger partial charge in [0.15, 0.2) is 6.10 Å². The summed E-state index contributed by atoms with van der Waals surface area (Å²) in [5, 5.41) is 3.26. The van der Waals surface area contributed by atoms with Gasteiger partial charge >= 0.3 is 0 Å². The number of amides is 1. The maximum atomic E-state index is 12.8. The first-order valence-electron chi connectivity index (χ1n) is 13.6. The van der Waals surface area contributed by atoms with Gasteiger partial charge in [-0.1, -0.05) is 25.1 Å². The number of thiophene rings is 1. The van der Waals surface area contributed by atoms with E-state index < -0.39 is 0 Å². The topological polar surface area (TPSA) is 50.8 Å². The molecule has 1 aromatic carbocycles. The van der Waals surface area contributed by atoms with E-state index in [-0.39, 0.29) is 17.6 Å². The molecule has 188 valence electrons. The van der Waals surface area contributed by atoms with Gasteiger partial charge in [0.25, 0.3) is 5.91 Å². The number of carbonyl (C=O) groups excluding carboxylic acids is 1. The molecule has 1 N–H and O–H groups in total. The zero-order valence-electron chi connectivity index (χ0n) is 21.1. The van der Waals surface area contributed by atoms with Crippen LogP contribution in [0.5, 0.6) is 5.75 Å². The normalized spacial score (nSPS) is 32.3. The van der Waals surface area contributed by atoms with Gasteiger partial charge in [-0.3, -0.25) is 4.79 Å². The maximum Gasteiger partial charge on any atom is 0.261 e. The summed E-state index contributed by atoms with van der Waals surface area (Å²) in [7, 11) is 0. The van der Waals surface area contributed by atoms with Crippen molar-refractivity contribution in [2.24, 2.45) is 5.92 Å². The molecule has 5 nitrogen and oxygen atoms in total. The Bertz CT molecular complexity index is 1080. The van der Waals surface area contributed by atoms with E-state index in [2.05, 4.69) is 36.2 Å². The van der Waals surface area contributed by atoms with Gasteiger partial charge < -0.3 is 19.7 Å². The predicted octanol–water partition coefficient (Wildman–Crippen LogP) is 4.85. The summed E-state index contributed by atoms with van der Waals surface area (Å²) in [6.07, 6.45) is 7.86. The molecular weight excluding hydrogens is 456 g/mol.